The van der Waals surface area contributed by atoms with Crippen molar-refractivity contribution >= 4 is 0 Å². The van der Waals surface area contributed by atoms with Gasteiger partial charge in [-0.25, -0.2) is 0 Å². The molecule has 1 heterocycles. The van der Waals surface area contributed by atoms with Crippen LogP contribution in [-0.4, -0.2) is 18.3 Å². The Kier molecular flexibility index (Phi) is 2.44. The van der Waals surface area contributed by atoms with E-state index in [0.29, 0.717) is 0 Å². The fourth-order valence-corrected chi connectivity index (χ4v) is 1.88. The summed E-state index contributed by atoms with van der Waals surface area (Å²) in [7, 11) is 0. The second kappa shape index (κ2) is 3.59. The van der Waals surface area contributed by atoms with Gasteiger partial charge in [0.25, 0.3) is 0 Å². The minimum absolute atomic E-state index is 0.0424. The van der Waals surface area contributed by atoms with Crippen molar-refractivity contribution in [3.63, 3.8) is 0 Å². The van der Waals surface area contributed by atoms with E-state index in [1.807, 2.05) is 13.0 Å². The number of benzene rings is 1. The molecular weight excluding hydrogens is 178 g/mol. The number of aliphatic hydroxyl groups is 1. The van der Waals surface area contributed by atoms with Crippen LogP contribution in [0, 0.1) is 6.92 Å². The molecule has 3 nitrogen and oxygen atoms in total. The minimum atomic E-state index is -0.332. The second-order valence-electron chi connectivity index (χ2n) is 3.73. The highest BCUT2D eigenvalue weighted by molar-refractivity contribution is 5.48. The number of hydrogen-bond donors (Lipinski definition) is 2. The van der Waals surface area contributed by atoms with Crippen molar-refractivity contribution in [3.8, 4) is 5.75 Å². The molecule has 0 fully saturated rings. The summed E-state index contributed by atoms with van der Waals surface area (Å²) in [5, 5.41) is 9.03. The predicted molar refractivity (Wildman–Crippen MR) is 54.4 cm³/mol. The van der Waals surface area contributed by atoms with Crippen molar-refractivity contribution in [2.75, 3.05) is 13.2 Å². The van der Waals surface area contributed by atoms with Gasteiger partial charge in [0.05, 0.1) is 19.3 Å². The molecule has 14 heavy (non-hydrogen) atoms. The van der Waals surface area contributed by atoms with Crippen molar-refractivity contribution < 1.29 is 9.84 Å². The maximum Gasteiger partial charge on any atom is 0.127 e. The van der Waals surface area contributed by atoms with Crippen molar-refractivity contribution in [2.45, 2.75) is 19.4 Å². The number of rotatable bonds is 2. The number of hydrogen-bond acceptors (Lipinski definition) is 3. The fourth-order valence-electron chi connectivity index (χ4n) is 1.88. The molecule has 0 aromatic heterocycles. The SMILES string of the molecule is Cc1cc2c(c([C@H](N)CO)c1)OCC2. The van der Waals surface area contributed by atoms with E-state index in [-0.39, 0.29) is 12.6 Å². The van der Waals surface area contributed by atoms with Gasteiger partial charge in [0.15, 0.2) is 0 Å². The van der Waals surface area contributed by atoms with Crippen molar-refractivity contribution in [3.05, 3.63) is 28.8 Å². The largest absolute Gasteiger partial charge is 0.493 e. The quantitative estimate of drug-likeness (QED) is 0.734. The van der Waals surface area contributed by atoms with E-state index in [1.165, 1.54) is 11.1 Å². The molecular formula is C11H15NO2. The van der Waals surface area contributed by atoms with Crippen molar-refractivity contribution in [1.29, 1.82) is 0 Å². The summed E-state index contributed by atoms with van der Waals surface area (Å²) in [6.45, 7) is 2.72. The third kappa shape index (κ3) is 1.49. The first-order chi connectivity index (χ1) is 6.72. The molecule has 3 heteroatoms. The van der Waals surface area contributed by atoms with Gasteiger partial charge in [0.2, 0.25) is 0 Å². The van der Waals surface area contributed by atoms with Gasteiger partial charge in [-0.1, -0.05) is 17.7 Å². The maximum absolute atomic E-state index is 9.03. The molecule has 1 aliphatic heterocycles. The van der Waals surface area contributed by atoms with E-state index in [2.05, 4.69) is 6.07 Å². The van der Waals surface area contributed by atoms with Crippen LogP contribution in [-0.2, 0) is 6.42 Å². The average molecular weight is 193 g/mol. The monoisotopic (exact) mass is 193 g/mol. The van der Waals surface area contributed by atoms with Crippen LogP contribution in [0.2, 0.25) is 0 Å². The van der Waals surface area contributed by atoms with Gasteiger partial charge in [-0.05, 0) is 12.5 Å². The van der Waals surface area contributed by atoms with E-state index in [9.17, 15) is 0 Å². The lowest BCUT2D eigenvalue weighted by Gasteiger charge is -2.14. The van der Waals surface area contributed by atoms with Gasteiger partial charge in [0.1, 0.15) is 5.75 Å². The molecule has 0 radical (unpaired) electrons. The molecule has 3 N–H and O–H groups in total. The van der Waals surface area contributed by atoms with Crippen LogP contribution in [0.15, 0.2) is 12.1 Å². The third-order valence-electron chi connectivity index (χ3n) is 2.55. The van der Waals surface area contributed by atoms with Crippen LogP contribution < -0.4 is 10.5 Å². The fraction of sp³-hybridized carbons (Fsp3) is 0.455. The summed E-state index contributed by atoms with van der Waals surface area (Å²) in [4.78, 5) is 0. The Labute approximate surface area is 83.5 Å². The summed E-state index contributed by atoms with van der Waals surface area (Å²) < 4.78 is 5.52. The first-order valence-electron chi connectivity index (χ1n) is 4.85. The highest BCUT2D eigenvalue weighted by Crippen LogP contribution is 2.33. The molecule has 0 saturated carbocycles. The third-order valence-corrected chi connectivity index (χ3v) is 2.55. The summed E-state index contributed by atoms with van der Waals surface area (Å²) in [6, 6.07) is 3.78. The Morgan fingerprint density at radius 2 is 2.36 bits per heavy atom. The van der Waals surface area contributed by atoms with Crippen LogP contribution >= 0.6 is 0 Å². The highest BCUT2D eigenvalue weighted by Gasteiger charge is 2.20. The zero-order valence-electron chi connectivity index (χ0n) is 8.29. The van der Waals surface area contributed by atoms with Gasteiger partial charge in [-0.3, -0.25) is 0 Å². The van der Waals surface area contributed by atoms with Gasteiger partial charge in [-0.15, -0.1) is 0 Å². The van der Waals surface area contributed by atoms with E-state index in [4.69, 9.17) is 15.6 Å². The van der Waals surface area contributed by atoms with Crippen molar-refractivity contribution in [2.24, 2.45) is 5.73 Å². The molecule has 0 amide bonds. The van der Waals surface area contributed by atoms with Gasteiger partial charge < -0.3 is 15.6 Å². The molecule has 1 aromatic carbocycles. The van der Waals surface area contributed by atoms with E-state index >= 15 is 0 Å². The Balaban J connectivity index is 2.48. The Bertz CT molecular complexity index is 349. The second-order valence-corrected chi connectivity index (χ2v) is 3.73. The molecule has 1 aliphatic rings. The predicted octanol–water partition coefficient (Wildman–Crippen LogP) is 0.922. The summed E-state index contributed by atoms with van der Waals surface area (Å²) in [5.41, 5.74) is 9.12. The molecule has 0 saturated heterocycles. The summed E-state index contributed by atoms with van der Waals surface area (Å²) in [5.74, 6) is 0.886. The van der Waals surface area contributed by atoms with Crippen LogP contribution in [0.4, 0.5) is 0 Å². The van der Waals surface area contributed by atoms with Crippen LogP contribution in [0.25, 0.3) is 0 Å². The maximum atomic E-state index is 9.03. The first-order valence-corrected chi connectivity index (χ1v) is 4.85. The number of nitrogens with two attached hydrogens (primary N) is 1. The van der Waals surface area contributed by atoms with E-state index < -0.39 is 0 Å². The van der Waals surface area contributed by atoms with E-state index in [0.717, 1.165) is 24.3 Å². The molecule has 0 unspecified atom stereocenters. The normalized spacial score (nSPS) is 16.2. The number of aliphatic hydroxyl groups excluding tert-OH is 1. The molecule has 0 bridgehead atoms. The minimum Gasteiger partial charge on any atom is -0.493 e. The Morgan fingerprint density at radius 3 is 3.07 bits per heavy atom. The highest BCUT2D eigenvalue weighted by atomic mass is 16.5. The molecule has 2 rings (SSSR count). The lowest BCUT2D eigenvalue weighted by Crippen LogP contribution is -2.15. The van der Waals surface area contributed by atoms with Crippen LogP contribution in [0.5, 0.6) is 5.75 Å². The molecule has 76 valence electrons. The summed E-state index contributed by atoms with van der Waals surface area (Å²) in [6.07, 6.45) is 0.947. The van der Waals surface area contributed by atoms with Gasteiger partial charge in [-0.2, -0.15) is 0 Å². The molecule has 0 spiro atoms. The lowest BCUT2D eigenvalue weighted by atomic mass is 10.00. The number of ether oxygens (including phenoxy) is 1. The zero-order chi connectivity index (χ0) is 10.1. The smallest absolute Gasteiger partial charge is 0.127 e. The Hall–Kier alpha value is -1.06. The standard InChI is InChI=1S/C11H15NO2/c1-7-4-8-2-3-14-11(8)9(5-7)10(12)6-13/h4-5,10,13H,2-3,6,12H2,1H3/t10-/m1/s1. The number of fused-ring (bicyclic) bond motifs is 1. The average Bonchev–Trinajstić information content (AvgIpc) is 2.62. The Morgan fingerprint density at radius 1 is 1.57 bits per heavy atom. The molecule has 1 aromatic rings. The zero-order valence-corrected chi connectivity index (χ0v) is 8.29. The van der Waals surface area contributed by atoms with E-state index in [1.54, 1.807) is 0 Å². The summed E-state index contributed by atoms with van der Waals surface area (Å²) >= 11 is 0. The van der Waals surface area contributed by atoms with Gasteiger partial charge in [0, 0.05) is 12.0 Å². The van der Waals surface area contributed by atoms with Gasteiger partial charge >= 0.3 is 0 Å². The number of aryl methyl sites for hydroxylation is 1. The molecule has 0 aliphatic carbocycles. The lowest BCUT2D eigenvalue weighted by molar-refractivity contribution is 0.263. The van der Waals surface area contributed by atoms with Crippen LogP contribution in [0.1, 0.15) is 22.7 Å². The van der Waals surface area contributed by atoms with Crippen molar-refractivity contribution in [1.82, 2.24) is 0 Å². The topological polar surface area (TPSA) is 55.5 Å². The van der Waals surface area contributed by atoms with Crippen LogP contribution in [0.3, 0.4) is 0 Å². The molecule has 1 atom stereocenters. The first kappa shape index (κ1) is 9.49.